The predicted octanol–water partition coefficient (Wildman–Crippen LogP) is 3.68. The molecule has 0 bridgehead atoms. The molecule has 126 valence electrons. The number of hydrogen-bond donors (Lipinski definition) is 1. The fraction of sp³-hybridized carbons (Fsp3) is 0.333. The summed E-state index contributed by atoms with van der Waals surface area (Å²) in [5.41, 5.74) is 3.65. The molecule has 0 aromatic heterocycles. The maximum atomic E-state index is 12.5. The molecular formula is C18H17F2NO2S. The molecule has 0 aliphatic heterocycles. The third-order valence-electron chi connectivity index (χ3n) is 5.16. The molecule has 0 spiro atoms. The number of sulfone groups is 1. The van der Waals surface area contributed by atoms with Crippen LogP contribution < -0.4 is 5.32 Å². The van der Waals surface area contributed by atoms with E-state index in [-0.39, 0.29) is 4.90 Å². The van der Waals surface area contributed by atoms with E-state index in [4.69, 9.17) is 0 Å². The Hall–Kier alpha value is -1.95. The van der Waals surface area contributed by atoms with Crippen molar-refractivity contribution in [1.29, 1.82) is 0 Å². The van der Waals surface area contributed by atoms with Crippen LogP contribution in [0.25, 0.3) is 0 Å². The average molecular weight is 349 g/mol. The van der Waals surface area contributed by atoms with Crippen LogP contribution in [0, 0.1) is 11.8 Å². The molecule has 1 saturated carbocycles. The SMILES string of the molecule is O=S(=O)(c1ccc(NCC2C3Cc4ccccc4C23)cc1)C(F)F. The minimum absolute atomic E-state index is 0.347. The van der Waals surface area contributed by atoms with Crippen LogP contribution in [-0.2, 0) is 16.3 Å². The number of fused-ring (bicyclic) bond motifs is 3. The number of benzene rings is 2. The number of halogens is 2. The molecule has 2 aromatic rings. The second-order valence-corrected chi connectivity index (χ2v) is 8.39. The lowest BCUT2D eigenvalue weighted by atomic mass is 10.0. The van der Waals surface area contributed by atoms with Gasteiger partial charge in [0.2, 0.25) is 9.84 Å². The van der Waals surface area contributed by atoms with Crippen molar-refractivity contribution in [2.24, 2.45) is 11.8 Å². The molecular weight excluding hydrogens is 332 g/mol. The molecule has 2 aliphatic rings. The van der Waals surface area contributed by atoms with Gasteiger partial charge in [0, 0.05) is 12.2 Å². The summed E-state index contributed by atoms with van der Waals surface area (Å²) < 4.78 is 47.8. The summed E-state index contributed by atoms with van der Waals surface area (Å²) in [7, 11) is -4.52. The van der Waals surface area contributed by atoms with Gasteiger partial charge in [-0.3, -0.25) is 0 Å². The smallest absolute Gasteiger partial charge is 0.341 e. The predicted molar refractivity (Wildman–Crippen MR) is 88.0 cm³/mol. The molecule has 0 heterocycles. The van der Waals surface area contributed by atoms with Gasteiger partial charge in [0.05, 0.1) is 4.90 Å². The van der Waals surface area contributed by atoms with Gasteiger partial charge in [-0.25, -0.2) is 8.42 Å². The van der Waals surface area contributed by atoms with Crippen molar-refractivity contribution in [3.63, 3.8) is 0 Å². The summed E-state index contributed by atoms with van der Waals surface area (Å²) in [6, 6.07) is 14.1. The molecule has 4 rings (SSSR count). The molecule has 0 saturated heterocycles. The third kappa shape index (κ3) is 2.49. The summed E-state index contributed by atoms with van der Waals surface area (Å²) in [4.78, 5) is -0.347. The van der Waals surface area contributed by atoms with Crippen LogP contribution in [0.2, 0.25) is 0 Å². The summed E-state index contributed by atoms with van der Waals surface area (Å²) in [5, 5.41) is 3.29. The van der Waals surface area contributed by atoms with Crippen molar-refractivity contribution >= 4 is 15.5 Å². The van der Waals surface area contributed by atoms with Gasteiger partial charge in [0.25, 0.3) is 0 Å². The monoisotopic (exact) mass is 349 g/mol. The van der Waals surface area contributed by atoms with E-state index in [1.807, 2.05) is 0 Å². The van der Waals surface area contributed by atoms with Gasteiger partial charge in [0.1, 0.15) is 0 Å². The first-order valence-electron chi connectivity index (χ1n) is 7.92. The quantitative estimate of drug-likeness (QED) is 0.896. The lowest BCUT2D eigenvalue weighted by Gasteiger charge is -2.10. The van der Waals surface area contributed by atoms with Crippen LogP contribution in [-0.4, -0.2) is 20.7 Å². The molecule has 0 amide bonds. The Balaban J connectivity index is 1.39. The molecule has 3 atom stereocenters. The first kappa shape index (κ1) is 15.6. The maximum Gasteiger partial charge on any atom is 0.341 e. The van der Waals surface area contributed by atoms with E-state index < -0.39 is 15.6 Å². The van der Waals surface area contributed by atoms with Crippen molar-refractivity contribution in [3.05, 3.63) is 59.7 Å². The molecule has 0 radical (unpaired) electrons. The largest absolute Gasteiger partial charge is 0.385 e. The lowest BCUT2D eigenvalue weighted by Crippen LogP contribution is -2.12. The Morgan fingerprint density at radius 1 is 1.08 bits per heavy atom. The standard InChI is InChI=1S/C18H17F2NO2S/c19-18(20)24(22,23)13-7-5-12(6-8-13)21-10-16-15-9-11-3-1-2-4-14(11)17(15)16/h1-8,15-18,21H,9-10H2. The van der Waals surface area contributed by atoms with E-state index in [2.05, 4.69) is 29.6 Å². The number of hydrogen-bond acceptors (Lipinski definition) is 3. The maximum absolute atomic E-state index is 12.5. The number of rotatable bonds is 5. The summed E-state index contributed by atoms with van der Waals surface area (Å²) >= 11 is 0. The van der Waals surface area contributed by atoms with Crippen LogP contribution in [0.1, 0.15) is 17.0 Å². The molecule has 1 N–H and O–H groups in total. The number of nitrogens with one attached hydrogen (secondary N) is 1. The van der Waals surface area contributed by atoms with Crippen LogP contribution in [0.15, 0.2) is 53.4 Å². The van der Waals surface area contributed by atoms with Gasteiger partial charge in [-0.05, 0) is 59.6 Å². The number of anilines is 1. The average Bonchev–Trinajstić information content (AvgIpc) is 3.11. The first-order chi connectivity index (χ1) is 11.5. The van der Waals surface area contributed by atoms with Crippen molar-refractivity contribution in [2.45, 2.75) is 23.0 Å². The Morgan fingerprint density at radius 2 is 1.79 bits per heavy atom. The molecule has 3 unspecified atom stereocenters. The molecule has 24 heavy (non-hydrogen) atoms. The molecule has 2 aromatic carbocycles. The van der Waals surface area contributed by atoms with Gasteiger partial charge < -0.3 is 5.32 Å². The molecule has 1 fully saturated rings. The Morgan fingerprint density at radius 3 is 2.50 bits per heavy atom. The Kier molecular flexibility index (Phi) is 3.60. The van der Waals surface area contributed by atoms with Gasteiger partial charge in [-0.1, -0.05) is 24.3 Å². The highest BCUT2D eigenvalue weighted by Crippen LogP contribution is 2.61. The van der Waals surface area contributed by atoms with E-state index >= 15 is 0 Å². The van der Waals surface area contributed by atoms with Gasteiger partial charge >= 0.3 is 5.76 Å². The highest BCUT2D eigenvalue weighted by Gasteiger charge is 2.54. The lowest BCUT2D eigenvalue weighted by molar-refractivity contribution is 0.234. The second-order valence-electron chi connectivity index (χ2n) is 6.47. The van der Waals surface area contributed by atoms with Crippen LogP contribution in [0.3, 0.4) is 0 Å². The fourth-order valence-corrected chi connectivity index (χ4v) is 4.58. The zero-order valence-electron chi connectivity index (χ0n) is 12.8. The zero-order chi connectivity index (χ0) is 16.9. The van der Waals surface area contributed by atoms with Gasteiger partial charge in [0.15, 0.2) is 0 Å². The minimum atomic E-state index is -4.52. The highest BCUT2D eigenvalue weighted by atomic mass is 32.2. The van der Waals surface area contributed by atoms with E-state index in [9.17, 15) is 17.2 Å². The summed E-state index contributed by atoms with van der Waals surface area (Å²) in [6.45, 7) is 0.810. The van der Waals surface area contributed by atoms with Crippen LogP contribution in [0.4, 0.5) is 14.5 Å². The molecule has 6 heteroatoms. The third-order valence-corrected chi connectivity index (χ3v) is 6.56. The zero-order valence-corrected chi connectivity index (χ0v) is 13.6. The number of alkyl halides is 2. The first-order valence-corrected chi connectivity index (χ1v) is 9.47. The second kappa shape index (κ2) is 5.55. The minimum Gasteiger partial charge on any atom is -0.385 e. The van der Waals surface area contributed by atoms with E-state index in [0.717, 1.165) is 18.7 Å². The highest BCUT2D eigenvalue weighted by molar-refractivity contribution is 7.91. The van der Waals surface area contributed by atoms with Gasteiger partial charge in [-0.2, -0.15) is 8.78 Å². The molecule has 2 aliphatic carbocycles. The summed E-state index contributed by atoms with van der Waals surface area (Å²) in [5.74, 6) is -1.49. The van der Waals surface area contributed by atoms with Crippen molar-refractivity contribution in [2.75, 3.05) is 11.9 Å². The topological polar surface area (TPSA) is 46.2 Å². The van der Waals surface area contributed by atoms with E-state index in [1.54, 1.807) is 12.1 Å². The van der Waals surface area contributed by atoms with E-state index in [1.165, 1.54) is 23.3 Å². The van der Waals surface area contributed by atoms with E-state index in [0.29, 0.717) is 17.8 Å². The van der Waals surface area contributed by atoms with Crippen LogP contribution >= 0.6 is 0 Å². The normalized spacial score (nSPS) is 24.5. The Labute approximate surface area is 139 Å². The van der Waals surface area contributed by atoms with Crippen LogP contribution in [0.5, 0.6) is 0 Å². The fourth-order valence-electron chi connectivity index (χ4n) is 3.86. The van der Waals surface area contributed by atoms with Crippen molar-refractivity contribution in [3.8, 4) is 0 Å². The van der Waals surface area contributed by atoms with Crippen molar-refractivity contribution < 1.29 is 17.2 Å². The molecule has 3 nitrogen and oxygen atoms in total. The van der Waals surface area contributed by atoms with Gasteiger partial charge in [-0.15, -0.1) is 0 Å². The Bertz CT molecular complexity index is 865. The summed E-state index contributed by atoms with van der Waals surface area (Å²) in [6.07, 6.45) is 1.12. The van der Waals surface area contributed by atoms with Crippen molar-refractivity contribution in [1.82, 2.24) is 0 Å².